The van der Waals surface area contributed by atoms with Gasteiger partial charge in [0, 0.05) is 29.6 Å². The Bertz CT molecular complexity index is 1090. The molecule has 1 aliphatic rings. The molecule has 0 saturated carbocycles. The number of rotatable bonds is 4. The zero-order valence-corrected chi connectivity index (χ0v) is 16.3. The van der Waals surface area contributed by atoms with Gasteiger partial charge in [0.1, 0.15) is 23.0 Å². The molecule has 0 aliphatic carbocycles. The number of furan rings is 1. The van der Waals surface area contributed by atoms with Gasteiger partial charge in [-0.1, -0.05) is 29.8 Å². The first-order valence-corrected chi connectivity index (χ1v) is 9.56. The number of carbonyl (C=O) groups excluding carboxylic acids is 1. The van der Waals surface area contributed by atoms with Gasteiger partial charge in [0.15, 0.2) is 0 Å². The van der Waals surface area contributed by atoms with Crippen LogP contribution in [-0.4, -0.2) is 32.2 Å². The summed E-state index contributed by atoms with van der Waals surface area (Å²) in [5, 5.41) is 13.7. The second kappa shape index (κ2) is 8.39. The number of hydrogen-bond acceptors (Lipinski definition) is 5. The number of para-hydroxylation sites is 1. The van der Waals surface area contributed by atoms with Gasteiger partial charge in [0.25, 0.3) is 5.91 Å². The monoisotopic (exact) mass is 407 g/mol. The number of nitrogens with zero attached hydrogens (tertiary/aromatic N) is 2. The number of nitriles is 1. The minimum Gasteiger partial charge on any atom is -0.457 e. The van der Waals surface area contributed by atoms with E-state index in [0.29, 0.717) is 48.4 Å². The zero-order valence-electron chi connectivity index (χ0n) is 15.5. The summed E-state index contributed by atoms with van der Waals surface area (Å²) < 4.78 is 11.1. The average Bonchev–Trinajstić information content (AvgIpc) is 3.15. The van der Waals surface area contributed by atoms with Crippen LogP contribution in [0.15, 0.2) is 58.5 Å². The molecule has 0 spiro atoms. The fraction of sp³-hybridized carbons (Fsp3) is 0.182. The minimum atomic E-state index is -0.523. The van der Waals surface area contributed by atoms with E-state index < -0.39 is 5.91 Å². The molecule has 4 rings (SSSR count). The second-order valence-corrected chi connectivity index (χ2v) is 7.01. The number of nitrogens with one attached hydrogen (secondary N) is 1. The minimum absolute atomic E-state index is 0.0584. The van der Waals surface area contributed by atoms with Crippen molar-refractivity contribution >= 4 is 45.9 Å². The molecular formula is C22H18ClN3O3. The summed E-state index contributed by atoms with van der Waals surface area (Å²) in [6.07, 6.45) is 1.44. The molecule has 1 amide bonds. The van der Waals surface area contributed by atoms with E-state index in [1.807, 2.05) is 36.4 Å². The van der Waals surface area contributed by atoms with Crippen LogP contribution < -0.4 is 10.2 Å². The van der Waals surface area contributed by atoms with Crippen LogP contribution in [0.5, 0.6) is 0 Å². The van der Waals surface area contributed by atoms with Gasteiger partial charge in [-0.3, -0.25) is 4.79 Å². The first-order valence-electron chi connectivity index (χ1n) is 9.18. The molecule has 1 aliphatic heterocycles. The Hall–Kier alpha value is -3.27. The summed E-state index contributed by atoms with van der Waals surface area (Å²) in [4.78, 5) is 14.9. The number of carbonyl (C=O) groups is 1. The quantitative estimate of drug-likeness (QED) is 0.510. The maximum atomic E-state index is 12.8. The Balaban J connectivity index is 1.60. The smallest absolute Gasteiger partial charge is 0.266 e. The summed E-state index contributed by atoms with van der Waals surface area (Å²) in [5.74, 6) is -0.0814. The van der Waals surface area contributed by atoms with Crippen molar-refractivity contribution < 1.29 is 13.9 Å². The van der Waals surface area contributed by atoms with Gasteiger partial charge in [-0.05, 0) is 30.3 Å². The molecule has 29 heavy (non-hydrogen) atoms. The molecule has 1 saturated heterocycles. The summed E-state index contributed by atoms with van der Waals surface area (Å²) in [7, 11) is 0. The first kappa shape index (κ1) is 19.1. The van der Waals surface area contributed by atoms with Gasteiger partial charge >= 0.3 is 0 Å². The van der Waals surface area contributed by atoms with Crippen LogP contribution in [0, 0.1) is 11.3 Å². The molecule has 0 atom stereocenters. The summed E-state index contributed by atoms with van der Waals surface area (Å²) in [6, 6.07) is 16.6. The molecule has 2 aromatic carbocycles. The number of amides is 1. The summed E-state index contributed by atoms with van der Waals surface area (Å²) >= 11 is 6.14. The lowest BCUT2D eigenvalue weighted by Gasteiger charge is -2.30. The highest BCUT2D eigenvalue weighted by Gasteiger charge is 2.18. The standard InChI is InChI=1S/C22H18ClN3O3/c23-17-5-6-20(26-7-9-28-10-8-26)19(13-17)25-22(27)16(14-24)12-18-11-15-3-1-2-4-21(15)29-18/h1-6,11-13H,7-10H2,(H,25,27)/b16-12+. The maximum absolute atomic E-state index is 12.8. The highest BCUT2D eigenvalue weighted by atomic mass is 35.5. The molecule has 1 fully saturated rings. The predicted octanol–water partition coefficient (Wildman–Crippen LogP) is 4.47. The maximum Gasteiger partial charge on any atom is 0.266 e. The van der Waals surface area contributed by atoms with Gasteiger partial charge in [0.2, 0.25) is 0 Å². The lowest BCUT2D eigenvalue weighted by atomic mass is 10.2. The van der Waals surface area contributed by atoms with Crippen LogP contribution in [0.2, 0.25) is 5.02 Å². The first-order chi connectivity index (χ1) is 14.1. The second-order valence-electron chi connectivity index (χ2n) is 6.57. The van der Waals surface area contributed by atoms with Crippen molar-refractivity contribution in [3.05, 3.63) is 64.9 Å². The highest BCUT2D eigenvalue weighted by Crippen LogP contribution is 2.30. The third-order valence-electron chi connectivity index (χ3n) is 4.65. The number of hydrogen-bond donors (Lipinski definition) is 1. The highest BCUT2D eigenvalue weighted by molar-refractivity contribution is 6.31. The number of fused-ring (bicyclic) bond motifs is 1. The van der Waals surface area contributed by atoms with Crippen LogP contribution in [-0.2, 0) is 9.53 Å². The normalized spacial score (nSPS) is 14.6. The van der Waals surface area contributed by atoms with Gasteiger partial charge < -0.3 is 19.4 Å². The Labute approximate surface area is 172 Å². The van der Waals surface area contributed by atoms with Crippen LogP contribution in [0.3, 0.4) is 0 Å². The van der Waals surface area contributed by atoms with Crippen molar-refractivity contribution in [1.82, 2.24) is 0 Å². The lowest BCUT2D eigenvalue weighted by molar-refractivity contribution is -0.112. The Morgan fingerprint density at radius 2 is 1.97 bits per heavy atom. The van der Waals surface area contributed by atoms with E-state index in [0.717, 1.165) is 11.1 Å². The molecule has 1 N–H and O–H groups in total. The molecule has 0 bridgehead atoms. The summed E-state index contributed by atoms with van der Waals surface area (Å²) in [6.45, 7) is 2.66. The predicted molar refractivity (Wildman–Crippen MR) is 113 cm³/mol. The van der Waals surface area contributed by atoms with Crippen LogP contribution >= 0.6 is 11.6 Å². The summed E-state index contributed by atoms with van der Waals surface area (Å²) in [5.41, 5.74) is 2.03. The van der Waals surface area contributed by atoms with Crippen LogP contribution in [0.4, 0.5) is 11.4 Å². The fourth-order valence-electron chi connectivity index (χ4n) is 3.24. The van der Waals surface area contributed by atoms with Gasteiger partial charge in [-0.15, -0.1) is 0 Å². The largest absolute Gasteiger partial charge is 0.457 e. The SMILES string of the molecule is N#C/C(=C\c1cc2ccccc2o1)C(=O)Nc1cc(Cl)ccc1N1CCOCC1. The third kappa shape index (κ3) is 4.27. The Kier molecular flexibility index (Phi) is 5.52. The third-order valence-corrected chi connectivity index (χ3v) is 4.89. The number of halogens is 1. The van der Waals surface area contributed by atoms with E-state index in [9.17, 15) is 10.1 Å². The number of ether oxygens (including phenoxy) is 1. The topological polar surface area (TPSA) is 78.5 Å². The average molecular weight is 408 g/mol. The molecule has 6 nitrogen and oxygen atoms in total. The molecule has 1 aromatic heterocycles. The van der Waals surface area contributed by atoms with Crippen LogP contribution in [0.25, 0.3) is 17.0 Å². The Morgan fingerprint density at radius 3 is 2.72 bits per heavy atom. The van der Waals surface area contributed by atoms with Crippen molar-refractivity contribution in [2.45, 2.75) is 0 Å². The number of benzene rings is 2. The lowest BCUT2D eigenvalue weighted by Crippen LogP contribution is -2.36. The molecule has 146 valence electrons. The van der Waals surface area contributed by atoms with Gasteiger partial charge in [-0.2, -0.15) is 5.26 Å². The molecule has 7 heteroatoms. The van der Waals surface area contributed by atoms with E-state index in [1.54, 1.807) is 18.2 Å². The van der Waals surface area contributed by atoms with Crippen molar-refractivity contribution in [3.63, 3.8) is 0 Å². The molecule has 0 unspecified atom stereocenters. The van der Waals surface area contributed by atoms with E-state index in [1.165, 1.54) is 6.08 Å². The number of anilines is 2. The van der Waals surface area contributed by atoms with E-state index in [2.05, 4.69) is 10.2 Å². The molecular weight excluding hydrogens is 390 g/mol. The van der Waals surface area contributed by atoms with E-state index in [4.69, 9.17) is 20.8 Å². The fourth-order valence-corrected chi connectivity index (χ4v) is 3.41. The zero-order chi connectivity index (χ0) is 20.2. The van der Waals surface area contributed by atoms with E-state index in [-0.39, 0.29) is 5.57 Å². The van der Waals surface area contributed by atoms with Crippen molar-refractivity contribution in [2.24, 2.45) is 0 Å². The van der Waals surface area contributed by atoms with Crippen molar-refractivity contribution in [1.29, 1.82) is 5.26 Å². The van der Waals surface area contributed by atoms with Crippen molar-refractivity contribution in [2.75, 3.05) is 36.5 Å². The van der Waals surface area contributed by atoms with Gasteiger partial charge in [-0.25, -0.2) is 0 Å². The molecule has 2 heterocycles. The van der Waals surface area contributed by atoms with Gasteiger partial charge in [0.05, 0.1) is 24.6 Å². The molecule has 0 radical (unpaired) electrons. The van der Waals surface area contributed by atoms with Crippen molar-refractivity contribution in [3.8, 4) is 6.07 Å². The number of morpholine rings is 1. The molecule has 3 aromatic rings. The van der Waals surface area contributed by atoms with Crippen LogP contribution in [0.1, 0.15) is 5.76 Å². The Morgan fingerprint density at radius 1 is 1.17 bits per heavy atom. The van der Waals surface area contributed by atoms with E-state index >= 15 is 0 Å².